The number of nitrogens with zero attached hydrogens (tertiary/aromatic N) is 2. The molecule has 3 rings (SSSR count). The molecule has 0 aromatic carbocycles. The zero-order chi connectivity index (χ0) is 13.2. The second-order valence-electron chi connectivity index (χ2n) is 4.86. The lowest BCUT2D eigenvalue weighted by Crippen LogP contribution is -2.45. The number of hydrogen-bond acceptors (Lipinski definition) is 5. The summed E-state index contributed by atoms with van der Waals surface area (Å²) >= 11 is 0. The lowest BCUT2D eigenvalue weighted by Gasteiger charge is -2.23. The minimum absolute atomic E-state index is 0.0938. The summed E-state index contributed by atoms with van der Waals surface area (Å²) in [5, 5.41) is 10.9. The van der Waals surface area contributed by atoms with Gasteiger partial charge in [-0.3, -0.25) is 4.79 Å². The normalized spacial score (nSPS) is 19.5. The Morgan fingerprint density at radius 2 is 2.47 bits per heavy atom. The summed E-state index contributed by atoms with van der Waals surface area (Å²) in [6, 6.07) is 1.97. The van der Waals surface area contributed by atoms with Crippen LogP contribution in [0.4, 0.5) is 0 Å². The average Bonchev–Trinajstić information content (AvgIpc) is 2.81. The average molecular weight is 260 g/mol. The molecule has 0 spiro atoms. The number of amides is 1. The second-order valence-corrected chi connectivity index (χ2v) is 4.86. The van der Waals surface area contributed by atoms with Crippen molar-refractivity contribution in [2.45, 2.75) is 25.8 Å². The first-order valence-corrected chi connectivity index (χ1v) is 6.47. The molecule has 1 aliphatic rings. The van der Waals surface area contributed by atoms with Crippen LogP contribution in [0.15, 0.2) is 16.8 Å². The van der Waals surface area contributed by atoms with E-state index in [0.717, 1.165) is 37.0 Å². The summed E-state index contributed by atoms with van der Waals surface area (Å²) in [5.41, 5.74) is 1.76. The van der Waals surface area contributed by atoms with Gasteiger partial charge in [0.15, 0.2) is 0 Å². The van der Waals surface area contributed by atoms with E-state index in [1.165, 1.54) is 6.20 Å². The number of aryl methyl sites for hydroxylation is 1. The fourth-order valence-electron chi connectivity index (χ4n) is 2.31. The van der Waals surface area contributed by atoms with Crippen LogP contribution in [-0.4, -0.2) is 35.2 Å². The number of carbonyl (C=O) groups is 1. The molecular formula is C13H16N4O2. The Balaban J connectivity index is 1.78. The van der Waals surface area contributed by atoms with Crippen molar-refractivity contribution in [2.24, 2.45) is 0 Å². The van der Waals surface area contributed by atoms with Gasteiger partial charge >= 0.3 is 0 Å². The van der Waals surface area contributed by atoms with Crippen molar-refractivity contribution in [2.75, 3.05) is 13.1 Å². The van der Waals surface area contributed by atoms with Crippen LogP contribution in [0.3, 0.4) is 0 Å². The molecule has 0 saturated carbocycles. The predicted octanol–water partition coefficient (Wildman–Crippen LogP) is 1.01. The summed E-state index contributed by atoms with van der Waals surface area (Å²) in [4.78, 5) is 16.3. The molecular weight excluding hydrogens is 244 g/mol. The summed E-state index contributed by atoms with van der Waals surface area (Å²) in [6.07, 6.45) is 3.63. The third kappa shape index (κ3) is 2.44. The fraction of sp³-hybridized carbons (Fsp3) is 0.462. The van der Waals surface area contributed by atoms with Crippen molar-refractivity contribution >= 4 is 17.0 Å². The van der Waals surface area contributed by atoms with Crippen LogP contribution in [0.5, 0.6) is 0 Å². The summed E-state index contributed by atoms with van der Waals surface area (Å²) in [5.74, 6) is -0.0938. The Morgan fingerprint density at radius 1 is 1.58 bits per heavy atom. The lowest BCUT2D eigenvalue weighted by molar-refractivity contribution is 0.0930. The van der Waals surface area contributed by atoms with Crippen LogP contribution >= 0.6 is 0 Å². The maximum atomic E-state index is 12.2. The number of aromatic nitrogens is 2. The molecule has 1 atom stereocenters. The third-order valence-corrected chi connectivity index (χ3v) is 3.40. The zero-order valence-electron chi connectivity index (χ0n) is 10.8. The molecule has 3 heterocycles. The maximum absolute atomic E-state index is 12.2. The number of pyridine rings is 1. The fourth-order valence-corrected chi connectivity index (χ4v) is 2.31. The molecule has 0 radical (unpaired) electrons. The van der Waals surface area contributed by atoms with Gasteiger partial charge in [0, 0.05) is 18.8 Å². The molecule has 0 aliphatic carbocycles. The van der Waals surface area contributed by atoms with Crippen LogP contribution in [-0.2, 0) is 0 Å². The van der Waals surface area contributed by atoms with Gasteiger partial charge in [0.1, 0.15) is 0 Å². The van der Waals surface area contributed by atoms with Crippen molar-refractivity contribution in [1.29, 1.82) is 0 Å². The minimum Gasteiger partial charge on any atom is -0.348 e. The van der Waals surface area contributed by atoms with Gasteiger partial charge in [0.2, 0.25) is 0 Å². The molecule has 100 valence electrons. The smallest absolute Gasteiger partial charge is 0.257 e. The summed E-state index contributed by atoms with van der Waals surface area (Å²) in [6.45, 7) is 3.69. The highest BCUT2D eigenvalue weighted by Crippen LogP contribution is 2.16. The Morgan fingerprint density at radius 3 is 3.26 bits per heavy atom. The molecule has 6 heteroatoms. The van der Waals surface area contributed by atoms with Crippen molar-refractivity contribution < 1.29 is 9.32 Å². The van der Waals surface area contributed by atoms with E-state index < -0.39 is 0 Å². The molecule has 2 aromatic heterocycles. The zero-order valence-corrected chi connectivity index (χ0v) is 10.8. The Labute approximate surface area is 110 Å². The number of fused-ring (bicyclic) bond motifs is 1. The Kier molecular flexibility index (Phi) is 3.16. The van der Waals surface area contributed by atoms with E-state index in [9.17, 15) is 4.79 Å². The number of nitrogens with one attached hydrogen (secondary N) is 2. The molecule has 0 bridgehead atoms. The van der Waals surface area contributed by atoms with Gasteiger partial charge in [-0.1, -0.05) is 5.16 Å². The van der Waals surface area contributed by atoms with Gasteiger partial charge in [-0.05, 0) is 32.4 Å². The van der Waals surface area contributed by atoms with Crippen molar-refractivity contribution in [1.82, 2.24) is 20.8 Å². The molecule has 1 saturated heterocycles. The van der Waals surface area contributed by atoms with Gasteiger partial charge in [0.05, 0.1) is 16.6 Å². The van der Waals surface area contributed by atoms with Crippen molar-refractivity contribution in [3.63, 3.8) is 0 Å². The van der Waals surface area contributed by atoms with Gasteiger partial charge < -0.3 is 15.2 Å². The van der Waals surface area contributed by atoms with Crippen molar-refractivity contribution in [3.8, 4) is 0 Å². The van der Waals surface area contributed by atoms with E-state index >= 15 is 0 Å². The molecule has 1 amide bonds. The van der Waals surface area contributed by atoms with E-state index in [1.54, 1.807) is 6.07 Å². The number of rotatable bonds is 2. The van der Waals surface area contributed by atoms with Crippen LogP contribution in [0.1, 0.15) is 28.9 Å². The van der Waals surface area contributed by atoms with Crippen LogP contribution in [0, 0.1) is 6.92 Å². The molecule has 1 aliphatic heterocycles. The van der Waals surface area contributed by atoms with E-state index in [0.29, 0.717) is 11.3 Å². The van der Waals surface area contributed by atoms with Crippen LogP contribution < -0.4 is 10.6 Å². The van der Waals surface area contributed by atoms with Gasteiger partial charge in [-0.15, -0.1) is 0 Å². The van der Waals surface area contributed by atoms with E-state index in [-0.39, 0.29) is 11.9 Å². The third-order valence-electron chi connectivity index (χ3n) is 3.40. The molecule has 2 aromatic rings. The first kappa shape index (κ1) is 12.1. The maximum Gasteiger partial charge on any atom is 0.257 e. The van der Waals surface area contributed by atoms with Crippen LogP contribution in [0.2, 0.25) is 0 Å². The lowest BCUT2D eigenvalue weighted by atomic mass is 10.1. The largest absolute Gasteiger partial charge is 0.348 e. The predicted molar refractivity (Wildman–Crippen MR) is 69.9 cm³/mol. The topological polar surface area (TPSA) is 80.0 Å². The van der Waals surface area contributed by atoms with Gasteiger partial charge in [0.25, 0.3) is 11.6 Å². The van der Waals surface area contributed by atoms with Crippen LogP contribution in [0.25, 0.3) is 11.1 Å². The highest BCUT2D eigenvalue weighted by molar-refractivity contribution is 5.97. The Hall–Kier alpha value is -1.95. The van der Waals surface area contributed by atoms with Gasteiger partial charge in [-0.25, -0.2) is 4.98 Å². The molecule has 1 fully saturated rings. The Bertz CT molecular complexity index is 602. The molecule has 6 nitrogen and oxygen atoms in total. The first-order valence-electron chi connectivity index (χ1n) is 6.47. The summed E-state index contributed by atoms with van der Waals surface area (Å²) < 4.78 is 5.03. The number of hydrogen-bond donors (Lipinski definition) is 2. The quantitative estimate of drug-likeness (QED) is 0.842. The van der Waals surface area contributed by atoms with E-state index in [1.807, 2.05) is 6.92 Å². The molecule has 1 unspecified atom stereocenters. The molecule has 19 heavy (non-hydrogen) atoms. The minimum atomic E-state index is -0.0938. The van der Waals surface area contributed by atoms with Gasteiger partial charge in [-0.2, -0.15) is 0 Å². The highest BCUT2D eigenvalue weighted by atomic mass is 16.5. The number of piperidine rings is 1. The van der Waals surface area contributed by atoms with E-state index in [4.69, 9.17) is 4.52 Å². The molecule has 2 N–H and O–H groups in total. The SMILES string of the molecule is Cc1noc2ncc(C(=O)NC3CCCNC3)cc12. The second kappa shape index (κ2) is 4.97. The van der Waals surface area contributed by atoms with E-state index in [2.05, 4.69) is 20.8 Å². The monoisotopic (exact) mass is 260 g/mol. The number of carbonyl (C=O) groups excluding carboxylic acids is 1. The first-order chi connectivity index (χ1) is 9.24. The standard InChI is InChI=1S/C13H16N4O2/c1-8-11-5-9(6-15-13(11)19-17-8)12(18)16-10-3-2-4-14-7-10/h5-6,10,14H,2-4,7H2,1H3,(H,16,18). The highest BCUT2D eigenvalue weighted by Gasteiger charge is 2.17. The van der Waals surface area contributed by atoms with Crippen molar-refractivity contribution in [3.05, 3.63) is 23.5 Å². The summed E-state index contributed by atoms with van der Waals surface area (Å²) in [7, 11) is 0.